The normalized spacial score (nSPS) is 11.8. The Bertz CT molecular complexity index is 920. The van der Waals surface area contributed by atoms with Crippen molar-refractivity contribution in [2.75, 3.05) is 25.6 Å². The second-order valence-electron chi connectivity index (χ2n) is 5.05. The molecule has 9 nitrogen and oxygen atoms in total. The summed E-state index contributed by atoms with van der Waals surface area (Å²) in [5.74, 6) is -0.979. The summed E-state index contributed by atoms with van der Waals surface area (Å²) in [5.41, 5.74) is 6.76. The first-order chi connectivity index (χ1) is 13.0. The van der Waals surface area contributed by atoms with Crippen LogP contribution in [0.3, 0.4) is 0 Å². The van der Waals surface area contributed by atoms with E-state index in [4.69, 9.17) is 31.2 Å². The summed E-state index contributed by atoms with van der Waals surface area (Å²) < 4.78 is 15.4. The van der Waals surface area contributed by atoms with Crippen molar-refractivity contribution < 1.29 is 23.5 Å². The van der Waals surface area contributed by atoms with E-state index in [1.54, 1.807) is 20.9 Å². The van der Waals surface area contributed by atoms with Crippen LogP contribution in [0.2, 0.25) is 5.02 Å². The van der Waals surface area contributed by atoms with Crippen LogP contribution in [0.1, 0.15) is 30.1 Å². The quantitative estimate of drug-likeness (QED) is 0.568. The van der Waals surface area contributed by atoms with Crippen LogP contribution < -0.4 is 11.1 Å². The molecule has 0 spiro atoms. The number of nitrogens with zero attached hydrogens (tertiary/aromatic N) is 2. The Morgan fingerprint density at radius 3 is 2.67 bits per heavy atom. The molecule has 0 aliphatic rings. The monoisotopic (exact) mass is 394 g/mol. The summed E-state index contributed by atoms with van der Waals surface area (Å²) in [7, 11) is 1.57. The van der Waals surface area contributed by atoms with E-state index < -0.39 is 12.1 Å². The molecule has 3 N–H and O–H groups in total. The molecule has 0 aliphatic heterocycles. The average molecular weight is 395 g/mol. The third kappa shape index (κ3) is 4.37. The highest BCUT2D eigenvalue weighted by atomic mass is 35.5. The molecule has 1 amide bonds. The standard InChI is InChI=1S/C17H19ClN4O5/c1-4-25-16(23)15-14(22-17(24)26-5-2)13-11(27-15)6-10(18)12(21-13)9(7-19)8-20-3/h6-8H,4-5,19H2,1-3H3,(H,22,24). The highest BCUT2D eigenvalue weighted by Gasteiger charge is 2.26. The number of furan rings is 1. The highest BCUT2D eigenvalue weighted by Crippen LogP contribution is 2.34. The van der Waals surface area contributed by atoms with E-state index in [2.05, 4.69) is 15.3 Å². The molecule has 0 radical (unpaired) electrons. The number of ether oxygens (including phenoxy) is 2. The zero-order valence-electron chi connectivity index (χ0n) is 15.0. The third-order valence-corrected chi connectivity index (χ3v) is 3.59. The topological polar surface area (TPSA) is 129 Å². The predicted molar refractivity (Wildman–Crippen MR) is 102 cm³/mol. The Morgan fingerprint density at radius 1 is 1.37 bits per heavy atom. The number of allylic oxidation sites excluding steroid dienone is 1. The third-order valence-electron chi connectivity index (χ3n) is 3.30. The van der Waals surface area contributed by atoms with E-state index in [-0.39, 0.29) is 40.8 Å². The van der Waals surface area contributed by atoms with Crippen molar-refractivity contribution in [1.82, 2.24) is 4.98 Å². The molecule has 0 aromatic carbocycles. The number of carbonyl (C=O) groups excluding carboxylic acids is 2. The minimum absolute atomic E-state index is 0.0182. The number of halogens is 1. The Hall–Kier alpha value is -3.07. The van der Waals surface area contributed by atoms with Gasteiger partial charge in [-0.05, 0) is 13.8 Å². The first-order valence-corrected chi connectivity index (χ1v) is 8.42. The number of aromatic nitrogens is 1. The van der Waals surface area contributed by atoms with Crippen molar-refractivity contribution in [3.05, 3.63) is 28.7 Å². The maximum Gasteiger partial charge on any atom is 0.411 e. The smallest absolute Gasteiger partial charge is 0.411 e. The molecule has 2 rings (SSSR count). The molecule has 10 heteroatoms. The Morgan fingerprint density at radius 2 is 2.07 bits per heavy atom. The maximum atomic E-state index is 12.2. The fourth-order valence-corrected chi connectivity index (χ4v) is 2.50. The van der Waals surface area contributed by atoms with Crippen molar-refractivity contribution >= 4 is 52.2 Å². The largest absolute Gasteiger partial charge is 0.460 e. The summed E-state index contributed by atoms with van der Waals surface area (Å²) >= 11 is 6.26. The lowest BCUT2D eigenvalue weighted by Crippen LogP contribution is -2.16. The van der Waals surface area contributed by atoms with Crippen molar-refractivity contribution in [2.45, 2.75) is 13.8 Å². The van der Waals surface area contributed by atoms with Crippen LogP contribution in [0.5, 0.6) is 0 Å². The van der Waals surface area contributed by atoms with Crippen molar-refractivity contribution in [3.8, 4) is 0 Å². The number of esters is 1. The lowest BCUT2D eigenvalue weighted by atomic mass is 10.2. The number of aliphatic imine (C=N–C) groups is 1. The van der Waals surface area contributed by atoms with Gasteiger partial charge in [0, 0.05) is 31.1 Å². The summed E-state index contributed by atoms with van der Waals surface area (Å²) in [6, 6.07) is 1.46. The number of nitrogens with one attached hydrogen (secondary N) is 1. The van der Waals surface area contributed by atoms with Gasteiger partial charge in [-0.15, -0.1) is 0 Å². The summed E-state index contributed by atoms with van der Waals surface area (Å²) in [6.07, 6.45) is 2.00. The lowest BCUT2D eigenvalue weighted by molar-refractivity contribution is 0.0494. The SMILES string of the molecule is CCOC(=O)Nc1c(C(=O)OCC)oc2cc(Cl)c(C(C=NC)=CN)nc12. The van der Waals surface area contributed by atoms with Crippen LogP contribution in [0.4, 0.5) is 10.5 Å². The number of hydrogen-bond donors (Lipinski definition) is 2. The number of anilines is 1. The average Bonchev–Trinajstić information content (AvgIpc) is 2.97. The second-order valence-corrected chi connectivity index (χ2v) is 5.45. The molecule has 0 saturated carbocycles. The van der Waals surface area contributed by atoms with Gasteiger partial charge in [-0.2, -0.15) is 0 Å². The first-order valence-electron chi connectivity index (χ1n) is 8.05. The zero-order chi connectivity index (χ0) is 20.0. The number of nitrogens with two attached hydrogens (primary N) is 1. The molecule has 0 aliphatic carbocycles. The van der Waals surface area contributed by atoms with Gasteiger partial charge in [0.1, 0.15) is 11.2 Å². The van der Waals surface area contributed by atoms with E-state index in [0.29, 0.717) is 11.3 Å². The molecule has 0 fully saturated rings. The molecule has 2 aromatic heterocycles. The summed E-state index contributed by atoms with van der Waals surface area (Å²) in [6.45, 7) is 3.57. The highest BCUT2D eigenvalue weighted by molar-refractivity contribution is 6.34. The van der Waals surface area contributed by atoms with E-state index in [1.807, 2.05) is 0 Å². The van der Waals surface area contributed by atoms with Gasteiger partial charge in [-0.25, -0.2) is 14.6 Å². The van der Waals surface area contributed by atoms with Gasteiger partial charge >= 0.3 is 12.1 Å². The van der Waals surface area contributed by atoms with Crippen LogP contribution in [0.15, 0.2) is 21.7 Å². The fourth-order valence-electron chi connectivity index (χ4n) is 2.25. The second kappa shape index (κ2) is 9.04. The molecular weight excluding hydrogens is 376 g/mol. The summed E-state index contributed by atoms with van der Waals surface area (Å²) in [5, 5.41) is 2.69. The molecule has 0 atom stereocenters. The van der Waals surface area contributed by atoms with Crippen LogP contribution in [0, 0.1) is 0 Å². The molecule has 27 heavy (non-hydrogen) atoms. The molecule has 0 saturated heterocycles. The number of carbonyl (C=O) groups is 2. The van der Waals surface area contributed by atoms with E-state index in [0.717, 1.165) is 0 Å². The maximum absolute atomic E-state index is 12.2. The van der Waals surface area contributed by atoms with Crippen LogP contribution in [0.25, 0.3) is 16.7 Å². The number of amides is 1. The number of fused-ring (bicyclic) bond motifs is 1. The molecule has 2 aromatic rings. The fraction of sp³-hybridized carbons (Fsp3) is 0.294. The van der Waals surface area contributed by atoms with Crippen molar-refractivity contribution in [1.29, 1.82) is 0 Å². The van der Waals surface area contributed by atoms with Gasteiger partial charge in [0.15, 0.2) is 5.58 Å². The van der Waals surface area contributed by atoms with Crippen LogP contribution in [-0.4, -0.2) is 43.5 Å². The van der Waals surface area contributed by atoms with Crippen LogP contribution >= 0.6 is 11.6 Å². The summed E-state index contributed by atoms with van der Waals surface area (Å²) in [4.78, 5) is 32.4. The van der Waals surface area contributed by atoms with Gasteiger partial charge in [0.2, 0.25) is 5.76 Å². The van der Waals surface area contributed by atoms with Crippen molar-refractivity contribution in [2.24, 2.45) is 10.7 Å². The number of rotatable bonds is 6. The van der Waals surface area contributed by atoms with Gasteiger partial charge < -0.3 is 19.6 Å². The molecule has 2 heterocycles. The number of pyridine rings is 1. The van der Waals surface area contributed by atoms with E-state index in [1.165, 1.54) is 18.5 Å². The van der Waals surface area contributed by atoms with Crippen molar-refractivity contribution in [3.63, 3.8) is 0 Å². The zero-order valence-corrected chi connectivity index (χ0v) is 15.8. The van der Waals surface area contributed by atoms with Gasteiger partial charge in [0.05, 0.1) is 23.9 Å². The van der Waals surface area contributed by atoms with Gasteiger partial charge in [0.25, 0.3) is 0 Å². The first kappa shape index (κ1) is 20.2. The molecule has 144 valence electrons. The number of hydrogen-bond acceptors (Lipinski definition) is 8. The Balaban J connectivity index is 2.69. The molecule has 0 unspecified atom stereocenters. The van der Waals surface area contributed by atoms with Crippen LogP contribution in [-0.2, 0) is 9.47 Å². The minimum atomic E-state index is -0.770. The Labute approximate surface area is 160 Å². The van der Waals surface area contributed by atoms with E-state index >= 15 is 0 Å². The predicted octanol–water partition coefficient (Wildman–Crippen LogP) is 3.23. The Kier molecular flexibility index (Phi) is 6.78. The van der Waals surface area contributed by atoms with Gasteiger partial charge in [-0.3, -0.25) is 10.3 Å². The lowest BCUT2D eigenvalue weighted by Gasteiger charge is -2.07. The minimum Gasteiger partial charge on any atom is -0.460 e. The molecule has 0 bridgehead atoms. The van der Waals surface area contributed by atoms with Gasteiger partial charge in [-0.1, -0.05) is 11.6 Å². The molecular formula is C17H19ClN4O5. The van der Waals surface area contributed by atoms with E-state index in [9.17, 15) is 9.59 Å².